The summed E-state index contributed by atoms with van der Waals surface area (Å²) in [4.78, 5) is 9.03. The monoisotopic (exact) mass is 192 g/mol. The van der Waals surface area contributed by atoms with E-state index >= 15 is 0 Å². The molecule has 0 aliphatic rings. The van der Waals surface area contributed by atoms with Gasteiger partial charge in [0.05, 0.1) is 13.2 Å². The van der Waals surface area contributed by atoms with Crippen LogP contribution in [0.25, 0.3) is 0 Å². The quantitative estimate of drug-likeness (QED) is 0.147. The molecule has 3 radical (unpaired) electrons. The van der Waals surface area contributed by atoms with Crippen LogP contribution in [0.15, 0.2) is 0 Å². The van der Waals surface area contributed by atoms with E-state index in [4.69, 9.17) is 17.2 Å². The highest BCUT2D eigenvalue weighted by Crippen LogP contribution is 1.91. The summed E-state index contributed by atoms with van der Waals surface area (Å²) in [5, 5.41) is 4.27. The molecule has 0 fully saturated rings. The molecule has 0 aromatic heterocycles. The molecule has 0 saturated carbocycles. The first-order valence-electron chi connectivity index (χ1n) is 3.48. The van der Waals surface area contributed by atoms with Crippen molar-refractivity contribution < 1.29 is 14.8 Å². The molecule has 0 aromatic carbocycles. The number of hydrogen-bond acceptors (Lipinski definition) is 6. The van der Waals surface area contributed by atoms with E-state index in [1.807, 2.05) is 0 Å². The van der Waals surface area contributed by atoms with Crippen LogP contribution in [0.3, 0.4) is 0 Å². The highest BCUT2D eigenvalue weighted by Gasteiger charge is 2.10. The van der Waals surface area contributed by atoms with Gasteiger partial charge in [0.2, 0.25) is 0 Å². The molecule has 0 bridgehead atoms. The molecule has 6 N–H and O–H groups in total. The van der Waals surface area contributed by atoms with Gasteiger partial charge in [-0.05, 0) is 6.04 Å². The molecule has 0 atom stereocenters. The summed E-state index contributed by atoms with van der Waals surface area (Å²) in [6.07, 6.45) is 0.282. The van der Waals surface area contributed by atoms with Crippen molar-refractivity contribution in [2.45, 2.75) is 18.3 Å². The highest BCUT2D eigenvalue weighted by molar-refractivity contribution is 6.08. The summed E-state index contributed by atoms with van der Waals surface area (Å²) >= 11 is 0. The van der Waals surface area contributed by atoms with E-state index in [9.17, 15) is 0 Å². The fourth-order valence-electron chi connectivity index (χ4n) is 0.362. The Bertz CT molecular complexity index is 109. The van der Waals surface area contributed by atoms with Gasteiger partial charge in [-0.1, -0.05) is 5.04 Å². The fourth-order valence-corrected chi connectivity index (χ4v) is 0.446. The zero-order chi connectivity index (χ0) is 9.45. The Balaban J connectivity index is 3.01. The molecule has 0 saturated heterocycles. The molecule has 6 nitrogen and oxygen atoms in total. The van der Waals surface area contributed by atoms with Crippen LogP contribution in [0.4, 0.5) is 0 Å². The summed E-state index contributed by atoms with van der Waals surface area (Å²) in [6.45, 7) is 0.584. The average Bonchev–Trinajstić information content (AvgIpc) is 1.94. The molecule has 0 heterocycles. The lowest BCUT2D eigenvalue weighted by Gasteiger charge is -2.16. The third-order valence-corrected chi connectivity index (χ3v) is 1.10. The first-order chi connectivity index (χ1) is 5.56. The van der Waals surface area contributed by atoms with Gasteiger partial charge in [-0.15, -0.1) is 0 Å². The fraction of sp³-hybridized carbons (Fsp3) is 1.00. The molecule has 0 aromatic rings. The lowest BCUT2D eigenvalue weighted by atomic mass is 10.3. The molecular formula is C5H14N3O3Si. The van der Waals surface area contributed by atoms with Crippen molar-refractivity contribution in [3.8, 4) is 0 Å². The van der Waals surface area contributed by atoms with Crippen LogP contribution in [0.2, 0.25) is 6.04 Å². The average molecular weight is 192 g/mol. The van der Waals surface area contributed by atoms with Gasteiger partial charge in [-0.2, -0.15) is 0 Å². The van der Waals surface area contributed by atoms with E-state index in [2.05, 4.69) is 25.1 Å². The molecule has 0 amide bonds. The van der Waals surface area contributed by atoms with E-state index < -0.39 is 5.79 Å². The van der Waals surface area contributed by atoms with Crippen LogP contribution < -0.4 is 17.2 Å². The highest BCUT2D eigenvalue weighted by atomic mass is 28.1. The minimum atomic E-state index is -1.22. The molecule has 0 aliphatic heterocycles. The summed E-state index contributed by atoms with van der Waals surface area (Å²) in [7, 11) is 3.17. The van der Waals surface area contributed by atoms with Gasteiger partial charge < -0.3 is 17.2 Å². The van der Waals surface area contributed by atoms with Gasteiger partial charge in [0.15, 0.2) is 0 Å². The molecule has 0 aliphatic carbocycles. The second kappa shape index (κ2) is 6.49. The standard InChI is InChI=1S/C5H14N3O3Si/c6-5(7,8)1-2-9-11-10-3-4-12/h1-4,6-8H2. The summed E-state index contributed by atoms with van der Waals surface area (Å²) in [6, 6.07) is 0.665. The van der Waals surface area contributed by atoms with E-state index in [1.165, 1.54) is 0 Å². The largest absolute Gasteiger partial charge is 0.301 e. The minimum Gasteiger partial charge on any atom is -0.301 e. The molecular weight excluding hydrogens is 178 g/mol. The Morgan fingerprint density at radius 3 is 2.17 bits per heavy atom. The number of hydrogen-bond donors (Lipinski definition) is 3. The number of nitrogens with two attached hydrogens (primary N) is 3. The zero-order valence-corrected chi connectivity index (χ0v) is 7.79. The maximum atomic E-state index is 5.25. The lowest BCUT2D eigenvalue weighted by Crippen LogP contribution is -2.58. The van der Waals surface area contributed by atoms with Gasteiger partial charge in [0, 0.05) is 16.7 Å². The van der Waals surface area contributed by atoms with Gasteiger partial charge in [-0.3, -0.25) is 0 Å². The van der Waals surface area contributed by atoms with Crippen molar-refractivity contribution in [3.05, 3.63) is 0 Å². The van der Waals surface area contributed by atoms with Gasteiger partial charge >= 0.3 is 0 Å². The molecule has 71 valence electrons. The second-order valence-corrected chi connectivity index (χ2v) is 2.82. The van der Waals surface area contributed by atoms with Gasteiger partial charge in [-0.25, -0.2) is 9.78 Å². The van der Waals surface area contributed by atoms with Crippen molar-refractivity contribution in [2.75, 3.05) is 13.2 Å². The van der Waals surface area contributed by atoms with E-state index in [0.29, 0.717) is 12.7 Å². The molecule has 0 spiro atoms. The van der Waals surface area contributed by atoms with E-state index in [-0.39, 0.29) is 13.0 Å². The first kappa shape index (κ1) is 12.0. The van der Waals surface area contributed by atoms with Crippen molar-refractivity contribution in [3.63, 3.8) is 0 Å². The van der Waals surface area contributed by atoms with Crippen LogP contribution in [-0.2, 0) is 14.8 Å². The minimum absolute atomic E-state index is 0.186. The Labute approximate surface area is 74.6 Å². The van der Waals surface area contributed by atoms with Crippen LogP contribution >= 0.6 is 0 Å². The normalized spacial score (nSPS) is 12.0. The predicted octanol–water partition coefficient (Wildman–Crippen LogP) is -1.63. The Morgan fingerprint density at radius 1 is 1.08 bits per heavy atom. The van der Waals surface area contributed by atoms with E-state index in [0.717, 1.165) is 0 Å². The molecule has 0 unspecified atom stereocenters. The Hall–Kier alpha value is -0.0231. The van der Waals surface area contributed by atoms with Crippen LogP contribution in [0.1, 0.15) is 6.42 Å². The lowest BCUT2D eigenvalue weighted by molar-refractivity contribution is -0.511. The number of rotatable bonds is 7. The second-order valence-electron chi connectivity index (χ2n) is 2.32. The third kappa shape index (κ3) is 9.98. The van der Waals surface area contributed by atoms with Crippen molar-refractivity contribution in [2.24, 2.45) is 17.2 Å². The zero-order valence-electron chi connectivity index (χ0n) is 6.79. The SMILES string of the molecule is NC(N)(N)CCOOOCC[Si]. The first-order valence-corrected chi connectivity index (χ1v) is 4.19. The molecule has 0 rings (SSSR count). The van der Waals surface area contributed by atoms with Crippen LogP contribution in [0, 0.1) is 0 Å². The van der Waals surface area contributed by atoms with Crippen molar-refractivity contribution in [1.82, 2.24) is 0 Å². The van der Waals surface area contributed by atoms with Crippen molar-refractivity contribution in [1.29, 1.82) is 0 Å². The topological polar surface area (TPSA) is 106 Å². The van der Waals surface area contributed by atoms with Crippen LogP contribution in [-0.4, -0.2) is 29.2 Å². The third-order valence-electron chi connectivity index (χ3n) is 0.900. The Morgan fingerprint density at radius 2 is 1.67 bits per heavy atom. The summed E-state index contributed by atoms with van der Waals surface area (Å²) in [5.74, 6) is -1.22. The van der Waals surface area contributed by atoms with E-state index in [1.54, 1.807) is 0 Å². The van der Waals surface area contributed by atoms with Gasteiger partial charge in [0.25, 0.3) is 0 Å². The van der Waals surface area contributed by atoms with Crippen LogP contribution in [0.5, 0.6) is 0 Å². The maximum Gasteiger partial charge on any atom is 0.118 e. The van der Waals surface area contributed by atoms with Crippen molar-refractivity contribution >= 4 is 10.2 Å². The molecule has 7 heteroatoms. The summed E-state index contributed by atoms with van der Waals surface area (Å²) in [5.41, 5.74) is 15.7. The smallest absolute Gasteiger partial charge is 0.118 e. The Kier molecular flexibility index (Phi) is 6.48. The molecule has 12 heavy (non-hydrogen) atoms. The van der Waals surface area contributed by atoms with Gasteiger partial charge in [0.1, 0.15) is 5.79 Å². The summed E-state index contributed by atoms with van der Waals surface area (Å²) < 4.78 is 0. The predicted molar refractivity (Wildman–Crippen MR) is 43.5 cm³/mol. The maximum absolute atomic E-state index is 5.25.